The molecule has 4 heteroatoms. The zero-order chi connectivity index (χ0) is 7.11. The van der Waals surface area contributed by atoms with Crippen LogP contribution in [0.2, 0.25) is 0 Å². The van der Waals surface area contributed by atoms with E-state index in [4.69, 9.17) is 0 Å². The highest BCUT2D eigenvalue weighted by Crippen LogP contribution is 1.62. The number of carbonyl (C=O) groups is 1. The second-order valence-corrected chi connectivity index (χ2v) is 1.79. The van der Waals surface area contributed by atoms with Gasteiger partial charge in [-0.05, 0) is 0 Å². The predicted molar refractivity (Wildman–Crippen MR) is 35.7 cm³/mol. The van der Waals surface area contributed by atoms with Gasteiger partial charge in [0.05, 0.1) is 0 Å². The van der Waals surface area contributed by atoms with Crippen LogP contribution < -0.4 is 16.4 Å². The van der Waals surface area contributed by atoms with Gasteiger partial charge in [-0.1, -0.05) is 0 Å². The zero-order valence-corrected chi connectivity index (χ0v) is 5.61. The van der Waals surface area contributed by atoms with Crippen molar-refractivity contribution >= 4 is 5.91 Å². The zero-order valence-electron chi connectivity index (χ0n) is 5.61. The molecule has 1 rings (SSSR count). The monoisotopic (exact) mass is 131 g/mol. The largest absolute Gasteiger partial charge is 0.370 e. The Kier molecular flexibility index (Phi) is 5.15. The van der Waals surface area contributed by atoms with Crippen molar-refractivity contribution in [2.45, 2.75) is 6.92 Å². The molecule has 0 bridgehead atoms. The van der Waals surface area contributed by atoms with Crippen LogP contribution in [0.25, 0.3) is 0 Å². The molecule has 0 aliphatic carbocycles. The van der Waals surface area contributed by atoms with E-state index in [1.54, 1.807) is 0 Å². The summed E-state index contributed by atoms with van der Waals surface area (Å²) in [5.41, 5.74) is 4.47. The van der Waals surface area contributed by atoms with Gasteiger partial charge in [0.2, 0.25) is 5.91 Å². The third-order valence-corrected chi connectivity index (χ3v) is 0.729. The van der Waals surface area contributed by atoms with Gasteiger partial charge in [0.25, 0.3) is 0 Å². The molecule has 0 saturated carbocycles. The second-order valence-electron chi connectivity index (χ2n) is 1.79. The summed E-state index contributed by atoms with van der Waals surface area (Å²) >= 11 is 0. The van der Waals surface area contributed by atoms with E-state index in [0.717, 1.165) is 19.8 Å². The van der Waals surface area contributed by atoms with Crippen LogP contribution in [-0.2, 0) is 4.79 Å². The van der Waals surface area contributed by atoms with Crippen molar-refractivity contribution in [3.8, 4) is 0 Å². The Labute approximate surface area is 54.8 Å². The second kappa shape index (κ2) is 5.53. The number of nitrogens with one attached hydrogen (secondary N) is 2. The first-order valence-electron chi connectivity index (χ1n) is 2.91. The minimum Gasteiger partial charge on any atom is -0.370 e. The molecule has 0 unspecified atom stereocenters. The fraction of sp³-hybridized carbons (Fsp3) is 0.800. The van der Waals surface area contributed by atoms with E-state index in [1.807, 2.05) is 0 Å². The average Bonchev–Trinajstić information content (AvgIpc) is 2.11. The molecule has 9 heavy (non-hydrogen) atoms. The molecule has 0 atom stereocenters. The van der Waals surface area contributed by atoms with Crippen LogP contribution in [0.4, 0.5) is 0 Å². The molecule has 1 heterocycles. The van der Waals surface area contributed by atoms with Crippen LogP contribution in [0.3, 0.4) is 0 Å². The van der Waals surface area contributed by atoms with E-state index in [1.165, 1.54) is 6.92 Å². The third-order valence-electron chi connectivity index (χ3n) is 0.729. The van der Waals surface area contributed by atoms with Crippen LogP contribution in [-0.4, -0.2) is 25.7 Å². The SMILES string of the molecule is C1CNCN1.CC(N)=O. The maximum absolute atomic E-state index is 9.22. The van der Waals surface area contributed by atoms with E-state index in [-0.39, 0.29) is 5.91 Å². The molecular weight excluding hydrogens is 118 g/mol. The molecule has 0 aromatic heterocycles. The Bertz CT molecular complexity index is 68.7. The quantitative estimate of drug-likeness (QED) is 0.380. The van der Waals surface area contributed by atoms with Crippen LogP contribution in [0.5, 0.6) is 0 Å². The summed E-state index contributed by atoms with van der Waals surface area (Å²) < 4.78 is 0. The molecule has 4 N–H and O–H groups in total. The van der Waals surface area contributed by atoms with Gasteiger partial charge in [-0.25, -0.2) is 0 Å². The van der Waals surface area contributed by atoms with E-state index in [0.29, 0.717) is 0 Å². The van der Waals surface area contributed by atoms with E-state index < -0.39 is 0 Å². The molecule has 1 saturated heterocycles. The first-order chi connectivity index (χ1) is 4.23. The molecule has 1 fully saturated rings. The topological polar surface area (TPSA) is 67.2 Å². The standard InChI is InChI=1S/C3H8N2.C2H5NO/c1-2-5-3-4-1;1-2(3)4/h4-5H,1-3H2;1H3,(H2,3,4). The van der Waals surface area contributed by atoms with E-state index >= 15 is 0 Å². The summed E-state index contributed by atoms with van der Waals surface area (Å²) in [4.78, 5) is 9.22. The minimum absolute atomic E-state index is 0.333. The van der Waals surface area contributed by atoms with Crippen LogP contribution in [0, 0.1) is 0 Å². The lowest BCUT2D eigenvalue weighted by Gasteiger charge is -1.77. The maximum Gasteiger partial charge on any atom is 0.214 e. The van der Waals surface area contributed by atoms with Crippen LogP contribution in [0.15, 0.2) is 0 Å². The van der Waals surface area contributed by atoms with Gasteiger partial charge in [0.15, 0.2) is 0 Å². The van der Waals surface area contributed by atoms with Gasteiger partial charge in [-0.15, -0.1) is 0 Å². The van der Waals surface area contributed by atoms with Crippen LogP contribution >= 0.6 is 0 Å². The molecule has 0 spiro atoms. The summed E-state index contributed by atoms with van der Waals surface area (Å²) in [7, 11) is 0. The first-order valence-corrected chi connectivity index (χ1v) is 2.91. The molecule has 0 radical (unpaired) electrons. The lowest BCUT2D eigenvalue weighted by Crippen LogP contribution is -2.11. The van der Waals surface area contributed by atoms with Crippen molar-refractivity contribution in [3.05, 3.63) is 0 Å². The van der Waals surface area contributed by atoms with Crippen LogP contribution in [0.1, 0.15) is 6.92 Å². The smallest absolute Gasteiger partial charge is 0.214 e. The highest BCUT2D eigenvalue weighted by Gasteiger charge is 1.90. The summed E-state index contributed by atoms with van der Waals surface area (Å²) in [5.74, 6) is -0.333. The molecular formula is C5H13N3O. The summed E-state index contributed by atoms with van der Waals surface area (Å²) in [6.45, 7) is 4.58. The number of amides is 1. The van der Waals surface area contributed by atoms with Gasteiger partial charge in [0.1, 0.15) is 0 Å². The number of primary amides is 1. The molecule has 1 amide bonds. The maximum atomic E-state index is 9.22. The lowest BCUT2D eigenvalue weighted by molar-refractivity contribution is -0.115. The Morgan fingerprint density at radius 1 is 1.44 bits per heavy atom. The fourth-order valence-electron chi connectivity index (χ4n) is 0.442. The molecule has 1 aliphatic rings. The minimum atomic E-state index is -0.333. The van der Waals surface area contributed by atoms with Crippen molar-refractivity contribution in [2.24, 2.45) is 5.73 Å². The molecule has 0 aromatic carbocycles. The van der Waals surface area contributed by atoms with Crippen molar-refractivity contribution in [3.63, 3.8) is 0 Å². The van der Waals surface area contributed by atoms with Gasteiger partial charge in [-0.2, -0.15) is 0 Å². The van der Waals surface area contributed by atoms with Crippen molar-refractivity contribution in [1.82, 2.24) is 10.6 Å². The van der Waals surface area contributed by atoms with Crippen molar-refractivity contribution in [2.75, 3.05) is 19.8 Å². The summed E-state index contributed by atoms with van der Waals surface area (Å²) in [6, 6.07) is 0. The summed E-state index contributed by atoms with van der Waals surface area (Å²) in [5, 5.41) is 6.22. The number of rotatable bonds is 0. The van der Waals surface area contributed by atoms with Gasteiger partial charge < -0.3 is 16.4 Å². The Balaban J connectivity index is 0.000000148. The highest BCUT2D eigenvalue weighted by molar-refractivity contribution is 5.70. The Morgan fingerprint density at radius 2 is 1.78 bits per heavy atom. The predicted octanol–water partition coefficient (Wildman–Crippen LogP) is -1.37. The number of hydrogen-bond acceptors (Lipinski definition) is 3. The highest BCUT2D eigenvalue weighted by atomic mass is 16.1. The fourth-order valence-corrected chi connectivity index (χ4v) is 0.442. The molecule has 54 valence electrons. The Hall–Kier alpha value is -0.610. The lowest BCUT2D eigenvalue weighted by atomic mass is 10.7. The normalized spacial score (nSPS) is 16.1. The number of nitrogens with two attached hydrogens (primary N) is 1. The molecule has 0 aromatic rings. The summed E-state index contributed by atoms with van der Waals surface area (Å²) in [6.07, 6.45) is 0. The molecule has 1 aliphatic heterocycles. The van der Waals surface area contributed by atoms with Gasteiger partial charge >= 0.3 is 0 Å². The van der Waals surface area contributed by atoms with Crippen molar-refractivity contribution in [1.29, 1.82) is 0 Å². The number of hydrogen-bond donors (Lipinski definition) is 3. The Morgan fingerprint density at radius 3 is 1.89 bits per heavy atom. The van der Waals surface area contributed by atoms with Gasteiger partial charge in [0, 0.05) is 26.7 Å². The van der Waals surface area contributed by atoms with E-state index in [2.05, 4.69) is 16.4 Å². The average molecular weight is 131 g/mol. The first kappa shape index (κ1) is 8.39. The van der Waals surface area contributed by atoms with Gasteiger partial charge in [-0.3, -0.25) is 4.79 Å². The number of carbonyl (C=O) groups excluding carboxylic acids is 1. The van der Waals surface area contributed by atoms with E-state index in [9.17, 15) is 4.79 Å². The third kappa shape index (κ3) is 11.1. The van der Waals surface area contributed by atoms with Crippen molar-refractivity contribution < 1.29 is 4.79 Å². The molecule has 4 nitrogen and oxygen atoms in total.